The van der Waals surface area contributed by atoms with Crippen LogP contribution in [0.2, 0.25) is 0 Å². The van der Waals surface area contributed by atoms with E-state index in [0.717, 1.165) is 5.56 Å². The first kappa shape index (κ1) is 12.5. The van der Waals surface area contributed by atoms with Gasteiger partial charge in [0.15, 0.2) is 0 Å². The van der Waals surface area contributed by atoms with Gasteiger partial charge >= 0.3 is 0 Å². The molecule has 1 heterocycles. The highest BCUT2D eigenvalue weighted by atomic mass is 19.1. The van der Waals surface area contributed by atoms with Gasteiger partial charge < -0.3 is 0 Å². The molecule has 0 amide bonds. The van der Waals surface area contributed by atoms with Gasteiger partial charge in [-0.1, -0.05) is 27.7 Å². The van der Waals surface area contributed by atoms with Crippen LogP contribution in [-0.4, -0.2) is 4.98 Å². The average Bonchev–Trinajstić information content (AvgIpc) is 2.62. The predicted octanol–water partition coefficient (Wildman–Crippen LogP) is 2.41. The molecule has 0 saturated heterocycles. The second kappa shape index (κ2) is 3.75. The van der Waals surface area contributed by atoms with Crippen molar-refractivity contribution in [1.29, 1.82) is 0 Å². The molecule has 94 valence electrons. The van der Waals surface area contributed by atoms with Crippen LogP contribution in [0.15, 0.2) is 18.5 Å². The van der Waals surface area contributed by atoms with E-state index in [1.165, 1.54) is 12.3 Å². The van der Waals surface area contributed by atoms with Crippen molar-refractivity contribution in [3.05, 3.63) is 29.8 Å². The molecular weight excluding hydrogens is 217 g/mol. The summed E-state index contributed by atoms with van der Waals surface area (Å²) in [6, 6.07) is 1.45. The SMILES string of the molecule is CC1(C)C(C(NN)c2cncc(F)c2)C1(C)C. The molecule has 0 radical (unpaired) electrons. The fraction of sp³-hybridized carbons (Fsp3) is 0.615. The van der Waals surface area contributed by atoms with Crippen molar-refractivity contribution in [3.8, 4) is 0 Å². The number of halogens is 1. The molecule has 1 aliphatic carbocycles. The highest BCUT2D eigenvalue weighted by molar-refractivity contribution is 5.25. The van der Waals surface area contributed by atoms with Gasteiger partial charge in [-0.05, 0) is 28.4 Å². The molecule has 4 heteroatoms. The number of hydrazine groups is 1. The first-order chi connectivity index (χ1) is 7.82. The van der Waals surface area contributed by atoms with Gasteiger partial charge in [0, 0.05) is 6.20 Å². The number of nitrogens with two attached hydrogens (primary N) is 1. The third-order valence-corrected chi connectivity index (χ3v) is 4.73. The summed E-state index contributed by atoms with van der Waals surface area (Å²) in [7, 11) is 0. The fourth-order valence-corrected chi connectivity index (χ4v) is 3.06. The molecule has 0 aromatic carbocycles. The van der Waals surface area contributed by atoms with Gasteiger partial charge in [0.25, 0.3) is 0 Å². The van der Waals surface area contributed by atoms with Gasteiger partial charge in [0.2, 0.25) is 0 Å². The quantitative estimate of drug-likeness (QED) is 0.627. The predicted molar refractivity (Wildman–Crippen MR) is 65.3 cm³/mol. The minimum Gasteiger partial charge on any atom is -0.271 e. The summed E-state index contributed by atoms with van der Waals surface area (Å²) in [6.45, 7) is 8.87. The molecule has 1 atom stereocenters. The van der Waals surface area contributed by atoms with Crippen molar-refractivity contribution in [1.82, 2.24) is 10.4 Å². The van der Waals surface area contributed by atoms with E-state index in [9.17, 15) is 4.39 Å². The smallest absolute Gasteiger partial charge is 0.141 e. The lowest BCUT2D eigenvalue weighted by Crippen LogP contribution is -2.31. The van der Waals surface area contributed by atoms with Crippen molar-refractivity contribution in [3.63, 3.8) is 0 Å². The Balaban J connectivity index is 2.31. The summed E-state index contributed by atoms with van der Waals surface area (Å²) in [4.78, 5) is 3.89. The molecule has 3 nitrogen and oxygen atoms in total. The number of hydrogen-bond donors (Lipinski definition) is 2. The molecule has 1 aliphatic rings. The average molecular weight is 237 g/mol. The van der Waals surface area contributed by atoms with E-state index in [1.54, 1.807) is 6.20 Å². The number of hydrogen-bond acceptors (Lipinski definition) is 3. The van der Waals surface area contributed by atoms with E-state index in [2.05, 4.69) is 38.1 Å². The summed E-state index contributed by atoms with van der Waals surface area (Å²) in [6.07, 6.45) is 2.89. The van der Waals surface area contributed by atoms with Crippen LogP contribution in [0, 0.1) is 22.6 Å². The molecular formula is C13H20FN3. The summed E-state index contributed by atoms with van der Waals surface area (Å²) >= 11 is 0. The van der Waals surface area contributed by atoms with Crippen LogP contribution in [0.3, 0.4) is 0 Å². The lowest BCUT2D eigenvalue weighted by Gasteiger charge is -2.18. The maximum absolute atomic E-state index is 13.2. The second-order valence-electron chi connectivity index (χ2n) is 6.00. The molecule has 1 aromatic rings. The van der Waals surface area contributed by atoms with Crippen molar-refractivity contribution in [2.75, 3.05) is 0 Å². The van der Waals surface area contributed by atoms with E-state index >= 15 is 0 Å². The Morgan fingerprint density at radius 3 is 2.29 bits per heavy atom. The van der Waals surface area contributed by atoms with E-state index < -0.39 is 0 Å². The zero-order valence-corrected chi connectivity index (χ0v) is 10.8. The first-order valence-corrected chi connectivity index (χ1v) is 5.89. The normalized spacial score (nSPS) is 23.4. The third-order valence-electron chi connectivity index (χ3n) is 4.73. The third kappa shape index (κ3) is 1.76. The number of rotatable bonds is 3. The Bertz CT molecular complexity index is 414. The highest BCUT2D eigenvalue weighted by Gasteiger charge is 2.67. The van der Waals surface area contributed by atoms with Gasteiger partial charge in [-0.2, -0.15) is 0 Å². The lowest BCUT2D eigenvalue weighted by atomic mass is 9.98. The number of nitrogens with zero attached hydrogens (tertiary/aromatic N) is 1. The Morgan fingerprint density at radius 2 is 1.88 bits per heavy atom. The number of pyridine rings is 1. The fourth-order valence-electron chi connectivity index (χ4n) is 3.06. The Morgan fingerprint density at radius 1 is 1.29 bits per heavy atom. The first-order valence-electron chi connectivity index (χ1n) is 5.89. The number of aromatic nitrogens is 1. The van der Waals surface area contributed by atoms with Crippen molar-refractivity contribution >= 4 is 0 Å². The monoisotopic (exact) mass is 237 g/mol. The summed E-state index contributed by atoms with van der Waals surface area (Å²) in [5.41, 5.74) is 4.01. The maximum atomic E-state index is 13.2. The van der Waals surface area contributed by atoms with E-state index in [1.807, 2.05) is 0 Å². The molecule has 3 N–H and O–H groups in total. The van der Waals surface area contributed by atoms with Crippen molar-refractivity contribution < 1.29 is 4.39 Å². The number of nitrogens with one attached hydrogen (secondary N) is 1. The molecule has 1 fully saturated rings. The van der Waals surface area contributed by atoms with E-state index in [4.69, 9.17) is 5.84 Å². The van der Waals surface area contributed by atoms with E-state index in [0.29, 0.717) is 5.92 Å². The molecule has 0 spiro atoms. The minimum absolute atomic E-state index is 0.0526. The van der Waals surface area contributed by atoms with Gasteiger partial charge in [0.1, 0.15) is 5.82 Å². The Labute approximate surface area is 102 Å². The minimum atomic E-state index is -0.320. The molecule has 17 heavy (non-hydrogen) atoms. The summed E-state index contributed by atoms with van der Waals surface area (Å²) in [5, 5.41) is 0. The van der Waals surface area contributed by atoms with Crippen LogP contribution in [0.1, 0.15) is 39.3 Å². The standard InChI is InChI=1S/C13H20FN3/c1-12(2)11(13(12,3)4)10(17-15)8-5-9(14)7-16-6-8/h5-7,10-11,17H,15H2,1-4H3. The lowest BCUT2D eigenvalue weighted by molar-refractivity contribution is 0.414. The topological polar surface area (TPSA) is 50.9 Å². The van der Waals surface area contributed by atoms with Crippen LogP contribution in [0.4, 0.5) is 4.39 Å². The zero-order chi connectivity index (χ0) is 12.8. The molecule has 1 saturated carbocycles. The molecule has 2 rings (SSSR count). The Kier molecular flexibility index (Phi) is 2.75. The highest BCUT2D eigenvalue weighted by Crippen LogP contribution is 2.72. The molecule has 0 bridgehead atoms. The van der Waals surface area contributed by atoms with Crippen molar-refractivity contribution in [2.24, 2.45) is 22.6 Å². The van der Waals surface area contributed by atoms with Gasteiger partial charge in [-0.15, -0.1) is 0 Å². The van der Waals surface area contributed by atoms with Gasteiger partial charge in [-0.3, -0.25) is 16.3 Å². The van der Waals surface area contributed by atoms with Gasteiger partial charge in [-0.25, -0.2) is 4.39 Å². The van der Waals surface area contributed by atoms with Crippen LogP contribution in [0.5, 0.6) is 0 Å². The second-order valence-corrected chi connectivity index (χ2v) is 6.00. The zero-order valence-electron chi connectivity index (χ0n) is 10.8. The largest absolute Gasteiger partial charge is 0.271 e. The van der Waals surface area contributed by atoms with Crippen molar-refractivity contribution in [2.45, 2.75) is 33.7 Å². The molecule has 0 aliphatic heterocycles. The summed E-state index contributed by atoms with van der Waals surface area (Å²) in [5.74, 6) is 5.70. The molecule has 1 unspecified atom stereocenters. The van der Waals surface area contributed by atoms with E-state index in [-0.39, 0.29) is 22.7 Å². The van der Waals surface area contributed by atoms with Crippen LogP contribution in [0.25, 0.3) is 0 Å². The van der Waals surface area contributed by atoms with Crippen LogP contribution in [-0.2, 0) is 0 Å². The summed E-state index contributed by atoms with van der Waals surface area (Å²) < 4.78 is 13.2. The van der Waals surface area contributed by atoms with Gasteiger partial charge in [0.05, 0.1) is 12.2 Å². The van der Waals surface area contributed by atoms with Crippen LogP contribution < -0.4 is 11.3 Å². The maximum Gasteiger partial charge on any atom is 0.141 e. The molecule has 1 aromatic heterocycles. The van der Waals surface area contributed by atoms with Crippen LogP contribution >= 0.6 is 0 Å². The Hall–Kier alpha value is -1.00.